The molecular weight excluding hydrogens is 240 g/mol. The van der Waals surface area contributed by atoms with Crippen LogP contribution >= 0.6 is 11.3 Å². The molecule has 0 spiro atoms. The van der Waals surface area contributed by atoms with Gasteiger partial charge in [-0.2, -0.15) is 0 Å². The van der Waals surface area contributed by atoms with Crippen LogP contribution in [0, 0.1) is 12.3 Å². The number of hydrogen-bond donors (Lipinski definition) is 1. The number of nitrogens with zero attached hydrogens (tertiary/aromatic N) is 1. The van der Waals surface area contributed by atoms with Crippen molar-refractivity contribution in [3.8, 4) is 0 Å². The van der Waals surface area contributed by atoms with Crippen molar-refractivity contribution >= 4 is 11.3 Å². The Morgan fingerprint density at radius 1 is 1.39 bits per heavy atom. The molecule has 1 atom stereocenters. The average Bonchev–Trinajstić information content (AvgIpc) is 2.98. The fourth-order valence-electron chi connectivity index (χ4n) is 3.49. The first kappa shape index (κ1) is 14.0. The molecule has 0 amide bonds. The lowest BCUT2D eigenvalue weighted by molar-refractivity contribution is 0.185. The molecule has 1 saturated carbocycles. The maximum atomic E-state index is 4.65. The van der Waals surface area contributed by atoms with Crippen molar-refractivity contribution in [3.05, 3.63) is 16.1 Å². The summed E-state index contributed by atoms with van der Waals surface area (Å²) in [5.41, 5.74) is 1.80. The molecule has 0 aromatic carbocycles. The van der Waals surface area contributed by atoms with Gasteiger partial charge < -0.3 is 5.32 Å². The average molecular weight is 266 g/mol. The molecule has 1 heterocycles. The molecule has 0 saturated heterocycles. The molecule has 102 valence electrons. The van der Waals surface area contributed by atoms with Gasteiger partial charge in [0, 0.05) is 17.8 Å². The topological polar surface area (TPSA) is 24.9 Å². The summed E-state index contributed by atoms with van der Waals surface area (Å²) in [7, 11) is 0. The lowest BCUT2D eigenvalue weighted by Crippen LogP contribution is -2.45. The molecule has 0 bridgehead atoms. The van der Waals surface area contributed by atoms with Gasteiger partial charge in [0.1, 0.15) is 0 Å². The molecule has 1 aromatic heterocycles. The van der Waals surface area contributed by atoms with E-state index < -0.39 is 0 Å². The molecular formula is C15H26N2S. The number of aromatic nitrogens is 1. The van der Waals surface area contributed by atoms with E-state index in [1.54, 1.807) is 11.3 Å². The van der Waals surface area contributed by atoms with Crippen LogP contribution < -0.4 is 5.32 Å². The third-order valence-electron chi connectivity index (χ3n) is 4.57. The maximum absolute atomic E-state index is 4.65. The summed E-state index contributed by atoms with van der Waals surface area (Å²) in [5.74, 6) is 0. The van der Waals surface area contributed by atoms with Crippen molar-refractivity contribution in [3.63, 3.8) is 0 Å². The second-order valence-corrected chi connectivity index (χ2v) is 6.66. The largest absolute Gasteiger partial charge is 0.313 e. The van der Waals surface area contributed by atoms with E-state index in [2.05, 4.69) is 36.5 Å². The van der Waals surface area contributed by atoms with E-state index in [0.29, 0.717) is 11.5 Å². The number of hydrogen-bond acceptors (Lipinski definition) is 3. The monoisotopic (exact) mass is 266 g/mol. The molecule has 0 aliphatic heterocycles. The van der Waals surface area contributed by atoms with Crippen LogP contribution in [0.15, 0.2) is 5.38 Å². The Bertz CT molecular complexity index is 366. The molecule has 18 heavy (non-hydrogen) atoms. The van der Waals surface area contributed by atoms with Gasteiger partial charge in [-0.1, -0.05) is 26.7 Å². The zero-order valence-electron chi connectivity index (χ0n) is 12.0. The quantitative estimate of drug-likeness (QED) is 0.843. The summed E-state index contributed by atoms with van der Waals surface area (Å²) < 4.78 is 0. The Hall–Kier alpha value is -0.410. The predicted molar refractivity (Wildman–Crippen MR) is 79.2 cm³/mol. The first-order chi connectivity index (χ1) is 8.70. The highest BCUT2D eigenvalue weighted by molar-refractivity contribution is 7.09. The second-order valence-electron chi connectivity index (χ2n) is 5.60. The first-order valence-corrected chi connectivity index (χ1v) is 8.22. The highest BCUT2D eigenvalue weighted by atomic mass is 32.1. The van der Waals surface area contributed by atoms with Gasteiger partial charge >= 0.3 is 0 Å². The summed E-state index contributed by atoms with van der Waals surface area (Å²) in [6, 6.07) is 0.608. The molecule has 1 unspecified atom stereocenters. The summed E-state index contributed by atoms with van der Waals surface area (Å²) in [5, 5.41) is 7.16. The van der Waals surface area contributed by atoms with E-state index >= 15 is 0 Å². The van der Waals surface area contributed by atoms with Crippen LogP contribution in [0.4, 0.5) is 0 Å². The van der Waals surface area contributed by atoms with Crippen LogP contribution in [0.2, 0.25) is 0 Å². The molecule has 1 fully saturated rings. The molecule has 1 N–H and O–H groups in total. The highest BCUT2D eigenvalue weighted by Gasteiger charge is 2.39. The van der Waals surface area contributed by atoms with Crippen LogP contribution in [0.1, 0.15) is 56.7 Å². The smallest absolute Gasteiger partial charge is 0.0897 e. The third kappa shape index (κ3) is 2.94. The second kappa shape index (κ2) is 6.16. The molecule has 2 rings (SSSR count). The van der Waals surface area contributed by atoms with E-state index in [1.165, 1.54) is 42.8 Å². The van der Waals surface area contributed by atoms with Crippen LogP contribution in [0.3, 0.4) is 0 Å². The molecule has 2 nitrogen and oxygen atoms in total. The minimum atomic E-state index is 0.521. The molecule has 3 heteroatoms. The van der Waals surface area contributed by atoms with Crippen molar-refractivity contribution in [2.24, 2.45) is 5.41 Å². The van der Waals surface area contributed by atoms with E-state index in [-0.39, 0.29) is 0 Å². The van der Waals surface area contributed by atoms with Crippen LogP contribution in [-0.4, -0.2) is 17.6 Å². The van der Waals surface area contributed by atoms with E-state index in [1.807, 2.05) is 0 Å². The summed E-state index contributed by atoms with van der Waals surface area (Å²) in [6.45, 7) is 7.75. The fourth-order valence-corrected chi connectivity index (χ4v) is 4.12. The van der Waals surface area contributed by atoms with E-state index in [9.17, 15) is 0 Å². The summed E-state index contributed by atoms with van der Waals surface area (Å²) >= 11 is 1.77. The number of thiazole rings is 1. The van der Waals surface area contributed by atoms with Crippen LogP contribution in [-0.2, 0) is 6.42 Å². The number of aryl methyl sites for hydroxylation is 1. The number of likely N-dealkylation sites (N-methyl/N-ethyl adjacent to an activating group) is 1. The number of nitrogens with one attached hydrogen (secondary N) is 1. The minimum Gasteiger partial charge on any atom is -0.313 e. The molecule has 1 aliphatic rings. The lowest BCUT2D eigenvalue weighted by atomic mass is 9.74. The van der Waals surface area contributed by atoms with Crippen molar-refractivity contribution in [2.75, 3.05) is 6.54 Å². The lowest BCUT2D eigenvalue weighted by Gasteiger charge is -2.37. The molecule has 0 radical (unpaired) electrons. The van der Waals surface area contributed by atoms with Gasteiger partial charge in [0.05, 0.1) is 10.7 Å². The van der Waals surface area contributed by atoms with Gasteiger partial charge in [0.2, 0.25) is 0 Å². The van der Waals surface area contributed by atoms with E-state index in [4.69, 9.17) is 0 Å². The fraction of sp³-hybridized carbons (Fsp3) is 0.800. The summed E-state index contributed by atoms with van der Waals surface area (Å²) in [6.07, 6.45) is 8.01. The van der Waals surface area contributed by atoms with Crippen molar-refractivity contribution in [1.29, 1.82) is 0 Å². The summed E-state index contributed by atoms with van der Waals surface area (Å²) in [4.78, 5) is 4.65. The Morgan fingerprint density at radius 3 is 2.61 bits per heavy atom. The van der Waals surface area contributed by atoms with Gasteiger partial charge in [-0.15, -0.1) is 11.3 Å². The van der Waals surface area contributed by atoms with Crippen LogP contribution in [0.25, 0.3) is 0 Å². The van der Waals surface area contributed by atoms with E-state index in [0.717, 1.165) is 13.0 Å². The Labute approximate surface area is 115 Å². The Kier molecular flexibility index (Phi) is 4.79. The molecule has 1 aliphatic carbocycles. The van der Waals surface area contributed by atoms with Gasteiger partial charge in [0.25, 0.3) is 0 Å². The molecule has 1 aromatic rings. The zero-order valence-corrected chi connectivity index (χ0v) is 12.8. The predicted octanol–water partition coefficient (Wildman–Crippen LogP) is 3.94. The Balaban J connectivity index is 2.11. The Morgan fingerprint density at radius 2 is 2.11 bits per heavy atom. The highest BCUT2D eigenvalue weighted by Crippen LogP contribution is 2.44. The maximum Gasteiger partial charge on any atom is 0.0897 e. The normalized spacial score (nSPS) is 20.2. The van der Waals surface area contributed by atoms with Gasteiger partial charge in [-0.3, -0.25) is 0 Å². The van der Waals surface area contributed by atoms with Crippen molar-refractivity contribution in [2.45, 2.75) is 65.3 Å². The number of rotatable bonds is 6. The van der Waals surface area contributed by atoms with Gasteiger partial charge in [0.15, 0.2) is 0 Å². The first-order valence-electron chi connectivity index (χ1n) is 7.34. The minimum absolute atomic E-state index is 0.521. The van der Waals surface area contributed by atoms with Crippen molar-refractivity contribution < 1.29 is 0 Å². The zero-order chi connectivity index (χ0) is 13.0. The van der Waals surface area contributed by atoms with Gasteiger partial charge in [-0.05, 0) is 38.1 Å². The standard InChI is InChI=1S/C15H26N2S/c1-4-15(8-6-7-9-15)14(16-5-2)10-13-11-18-12(3)17-13/h11,14,16H,4-10H2,1-3H3. The van der Waals surface area contributed by atoms with Crippen molar-refractivity contribution in [1.82, 2.24) is 10.3 Å². The third-order valence-corrected chi connectivity index (χ3v) is 5.40. The SMILES string of the molecule is CCNC(Cc1csc(C)n1)C1(CC)CCCC1. The van der Waals surface area contributed by atoms with Gasteiger partial charge in [-0.25, -0.2) is 4.98 Å². The van der Waals surface area contributed by atoms with Crippen LogP contribution in [0.5, 0.6) is 0 Å².